The molecule has 0 fully saturated rings. The Labute approximate surface area is 161 Å². The molecular weight excluding hydrogens is 364 g/mol. The Morgan fingerprint density at radius 2 is 2.07 bits per heavy atom. The third kappa shape index (κ3) is 5.43. The van der Waals surface area contributed by atoms with Gasteiger partial charge in [0.25, 0.3) is 5.91 Å². The van der Waals surface area contributed by atoms with Crippen molar-refractivity contribution in [2.75, 3.05) is 13.2 Å². The number of nitrogens with zero attached hydrogens (tertiary/aromatic N) is 3. The van der Waals surface area contributed by atoms with Crippen LogP contribution in [-0.4, -0.2) is 40.0 Å². The van der Waals surface area contributed by atoms with Gasteiger partial charge in [-0.25, -0.2) is 19.7 Å². The molecule has 0 unspecified atom stereocenters. The lowest BCUT2D eigenvalue weighted by Gasteiger charge is -2.12. The van der Waals surface area contributed by atoms with Crippen molar-refractivity contribution in [1.29, 1.82) is 0 Å². The topological polar surface area (TPSA) is 94.1 Å². The highest BCUT2D eigenvalue weighted by molar-refractivity contribution is 7.16. The van der Waals surface area contributed by atoms with Crippen LogP contribution in [0, 0.1) is 6.92 Å². The maximum atomic E-state index is 12.3. The van der Waals surface area contributed by atoms with Gasteiger partial charge in [0.15, 0.2) is 17.4 Å². The highest BCUT2D eigenvalue weighted by atomic mass is 32.1. The number of amides is 1. The summed E-state index contributed by atoms with van der Waals surface area (Å²) in [7, 11) is 0. The Morgan fingerprint density at radius 1 is 1.26 bits per heavy atom. The van der Waals surface area contributed by atoms with E-state index < -0.39 is 5.97 Å². The van der Waals surface area contributed by atoms with Crippen LogP contribution in [0.25, 0.3) is 10.8 Å². The Morgan fingerprint density at radius 3 is 2.81 bits per heavy atom. The highest BCUT2D eigenvalue weighted by Gasteiger charge is 2.19. The van der Waals surface area contributed by atoms with Crippen LogP contribution in [0.3, 0.4) is 0 Å². The van der Waals surface area contributed by atoms with Gasteiger partial charge in [0.05, 0.1) is 5.69 Å². The third-order valence-electron chi connectivity index (χ3n) is 4.23. The molecule has 0 aromatic carbocycles. The van der Waals surface area contributed by atoms with Crippen LogP contribution >= 0.6 is 11.3 Å². The Hall–Kier alpha value is -2.61. The maximum Gasteiger partial charge on any atom is 0.350 e. The molecule has 7 nitrogen and oxygen atoms in total. The predicted octanol–water partition coefficient (Wildman–Crippen LogP) is 3.07. The second kappa shape index (κ2) is 9.36. The molecule has 2 aromatic heterocycles. The quantitative estimate of drug-likeness (QED) is 0.580. The van der Waals surface area contributed by atoms with E-state index in [1.165, 1.54) is 18.4 Å². The molecule has 0 bridgehead atoms. The zero-order valence-electron chi connectivity index (χ0n) is 15.2. The predicted molar refractivity (Wildman–Crippen MR) is 102 cm³/mol. The van der Waals surface area contributed by atoms with Crippen LogP contribution in [0.1, 0.15) is 47.5 Å². The van der Waals surface area contributed by atoms with Gasteiger partial charge < -0.3 is 10.1 Å². The first-order valence-corrected chi connectivity index (χ1v) is 9.81. The maximum absolute atomic E-state index is 12.3. The second-order valence-electron chi connectivity index (χ2n) is 6.29. The minimum atomic E-state index is -0.558. The standard InChI is InChI=1S/C19H22N4O3S/c1-13-16(27-18(23-13)17-21-9-5-10-22-17)19(25)26-12-15(24)20-11-8-14-6-3-2-4-7-14/h5-6,9-10H,2-4,7-8,11-12H2,1H3,(H,20,24). The van der Waals surface area contributed by atoms with E-state index in [-0.39, 0.29) is 12.5 Å². The van der Waals surface area contributed by atoms with Gasteiger partial charge in [-0.1, -0.05) is 11.6 Å². The average Bonchev–Trinajstić information content (AvgIpc) is 3.09. The summed E-state index contributed by atoms with van der Waals surface area (Å²) < 4.78 is 5.13. The fraction of sp³-hybridized carbons (Fsp3) is 0.421. The molecule has 1 N–H and O–H groups in total. The molecule has 1 aliphatic carbocycles. The van der Waals surface area contributed by atoms with Crippen molar-refractivity contribution < 1.29 is 14.3 Å². The SMILES string of the molecule is Cc1nc(-c2ncccn2)sc1C(=O)OCC(=O)NCCC1=CCCCC1. The molecule has 142 valence electrons. The van der Waals surface area contributed by atoms with Gasteiger partial charge in [-0.15, -0.1) is 11.3 Å². The third-order valence-corrected chi connectivity index (χ3v) is 5.36. The number of hydrogen-bond donors (Lipinski definition) is 1. The highest BCUT2D eigenvalue weighted by Crippen LogP contribution is 2.25. The summed E-state index contributed by atoms with van der Waals surface area (Å²) in [5.74, 6) is -0.398. The van der Waals surface area contributed by atoms with Crippen LogP contribution in [0.5, 0.6) is 0 Å². The van der Waals surface area contributed by atoms with Crippen LogP contribution in [0.4, 0.5) is 0 Å². The van der Waals surface area contributed by atoms with Crippen LogP contribution < -0.4 is 5.32 Å². The number of ether oxygens (including phenoxy) is 1. The first-order chi connectivity index (χ1) is 13.1. The van der Waals surface area contributed by atoms with Crippen LogP contribution in [-0.2, 0) is 9.53 Å². The summed E-state index contributed by atoms with van der Waals surface area (Å²) in [6, 6.07) is 1.71. The van der Waals surface area contributed by atoms with Gasteiger partial charge in [0, 0.05) is 18.9 Å². The minimum absolute atomic E-state index is 0.298. The lowest BCUT2D eigenvalue weighted by molar-refractivity contribution is -0.124. The Bertz CT molecular complexity index is 833. The first-order valence-electron chi connectivity index (χ1n) is 9.00. The van der Waals surface area contributed by atoms with E-state index in [1.54, 1.807) is 25.4 Å². The summed E-state index contributed by atoms with van der Waals surface area (Å²) in [5.41, 5.74) is 1.94. The van der Waals surface area contributed by atoms with Gasteiger partial charge in [0.2, 0.25) is 0 Å². The van der Waals surface area contributed by atoms with Gasteiger partial charge in [-0.2, -0.15) is 0 Å². The van der Waals surface area contributed by atoms with Crippen molar-refractivity contribution >= 4 is 23.2 Å². The Kier molecular flexibility index (Phi) is 6.64. The van der Waals surface area contributed by atoms with E-state index in [4.69, 9.17) is 4.74 Å². The molecule has 2 aromatic rings. The molecule has 0 saturated heterocycles. The number of thiazole rings is 1. The summed E-state index contributed by atoms with van der Waals surface area (Å²) in [6.07, 6.45) is 11.1. The number of carbonyl (C=O) groups is 2. The monoisotopic (exact) mass is 386 g/mol. The number of carbonyl (C=O) groups excluding carboxylic acids is 2. The molecule has 0 saturated carbocycles. The first kappa shape index (κ1) is 19.2. The molecule has 0 radical (unpaired) electrons. The van der Waals surface area contributed by atoms with Gasteiger partial charge >= 0.3 is 5.97 Å². The molecular formula is C19H22N4O3S. The van der Waals surface area contributed by atoms with E-state index in [0.717, 1.165) is 30.6 Å². The molecule has 1 aliphatic rings. The Balaban J connectivity index is 1.47. The summed E-state index contributed by atoms with van der Waals surface area (Å²) in [5, 5.41) is 3.34. The van der Waals surface area contributed by atoms with E-state index >= 15 is 0 Å². The van der Waals surface area contributed by atoms with Gasteiger partial charge in [-0.05, 0) is 45.1 Å². The molecule has 8 heteroatoms. The van der Waals surface area contributed by atoms with Crippen LogP contribution in [0.15, 0.2) is 30.1 Å². The summed E-state index contributed by atoms with van der Waals surface area (Å²) >= 11 is 1.16. The van der Waals surface area contributed by atoms with E-state index in [9.17, 15) is 9.59 Å². The molecule has 0 atom stereocenters. The van der Waals surface area contributed by atoms with E-state index in [0.29, 0.717) is 27.9 Å². The summed E-state index contributed by atoms with van der Waals surface area (Å²) in [6.45, 7) is 1.99. The molecule has 27 heavy (non-hydrogen) atoms. The molecule has 0 spiro atoms. The zero-order chi connectivity index (χ0) is 19.1. The van der Waals surface area contributed by atoms with Crippen molar-refractivity contribution in [3.63, 3.8) is 0 Å². The second-order valence-corrected chi connectivity index (χ2v) is 7.29. The normalized spacial score (nSPS) is 13.7. The number of hydrogen-bond acceptors (Lipinski definition) is 7. The van der Waals surface area contributed by atoms with Crippen molar-refractivity contribution in [1.82, 2.24) is 20.3 Å². The smallest absolute Gasteiger partial charge is 0.350 e. The van der Waals surface area contributed by atoms with Gasteiger partial charge in [0.1, 0.15) is 4.88 Å². The van der Waals surface area contributed by atoms with Crippen molar-refractivity contribution in [3.05, 3.63) is 40.7 Å². The minimum Gasteiger partial charge on any atom is -0.451 e. The summed E-state index contributed by atoms with van der Waals surface area (Å²) in [4.78, 5) is 37.1. The molecule has 1 amide bonds. The molecule has 2 heterocycles. The number of nitrogens with one attached hydrogen (secondary N) is 1. The number of esters is 1. The van der Waals surface area contributed by atoms with Gasteiger partial charge in [-0.3, -0.25) is 4.79 Å². The number of aromatic nitrogens is 3. The fourth-order valence-electron chi connectivity index (χ4n) is 2.83. The zero-order valence-corrected chi connectivity index (χ0v) is 16.1. The van der Waals surface area contributed by atoms with Crippen molar-refractivity contribution in [3.8, 4) is 10.8 Å². The van der Waals surface area contributed by atoms with E-state index in [1.807, 2.05) is 0 Å². The van der Waals surface area contributed by atoms with E-state index in [2.05, 4.69) is 26.3 Å². The number of rotatable bonds is 7. The lowest BCUT2D eigenvalue weighted by Crippen LogP contribution is -2.29. The van der Waals surface area contributed by atoms with Crippen molar-refractivity contribution in [2.45, 2.75) is 39.0 Å². The largest absolute Gasteiger partial charge is 0.451 e. The average molecular weight is 386 g/mol. The molecule has 3 rings (SSSR count). The fourth-order valence-corrected chi connectivity index (χ4v) is 3.74. The van der Waals surface area contributed by atoms with Crippen LogP contribution in [0.2, 0.25) is 0 Å². The number of allylic oxidation sites excluding steroid dienone is 1. The number of aryl methyl sites for hydroxylation is 1. The van der Waals surface area contributed by atoms with Crippen molar-refractivity contribution in [2.24, 2.45) is 0 Å². The molecule has 0 aliphatic heterocycles. The lowest BCUT2D eigenvalue weighted by atomic mass is 9.97.